The molecule has 0 aliphatic carbocycles. The number of hydrogen-bond donors (Lipinski definition) is 0. The van der Waals surface area contributed by atoms with Crippen LogP contribution in [0, 0.1) is 6.92 Å². The minimum absolute atomic E-state index is 0.0758. The van der Waals surface area contributed by atoms with E-state index in [2.05, 4.69) is 15.1 Å². The number of hydrogen-bond acceptors (Lipinski definition) is 5. The van der Waals surface area contributed by atoms with E-state index in [4.69, 9.17) is 28.0 Å². The number of alkyl halides is 3. The molecule has 0 saturated carbocycles. The van der Waals surface area contributed by atoms with Gasteiger partial charge in [0.2, 0.25) is 0 Å². The van der Waals surface area contributed by atoms with Crippen molar-refractivity contribution in [3.05, 3.63) is 75.4 Å². The van der Waals surface area contributed by atoms with E-state index in [1.54, 1.807) is 26.0 Å². The average molecular weight is 457 g/mol. The Morgan fingerprint density at radius 2 is 1.87 bits per heavy atom. The molecule has 0 unspecified atom stereocenters. The van der Waals surface area contributed by atoms with Crippen LogP contribution < -0.4 is 0 Å². The molecule has 6 nitrogen and oxygen atoms in total. The smallest absolute Gasteiger partial charge is 0.312 e. The number of nitrogens with zero attached hydrogens (tertiary/aromatic N) is 4. The van der Waals surface area contributed by atoms with Gasteiger partial charge in [0.05, 0.1) is 16.1 Å². The number of oxime groups is 1. The molecule has 3 aromatic rings. The molecule has 0 fully saturated rings. The Hall–Kier alpha value is -2.91. The van der Waals surface area contributed by atoms with Crippen molar-refractivity contribution in [1.29, 1.82) is 0 Å². The summed E-state index contributed by atoms with van der Waals surface area (Å²) in [7, 11) is 0. The summed E-state index contributed by atoms with van der Waals surface area (Å²) in [6.07, 6.45) is -2.39. The first-order valence-electron chi connectivity index (χ1n) is 8.37. The maximum absolute atomic E-state index is 12.8. The maximum atomic E-state index is 12.8. The normalized spacial score (nSPS) is 12.2. The van der Waals surface area contributed by atoms with Crippen molar-refractivity contribution in [2.75, 3.05) is 0 Å². The molecule has 0 N–H and O–H groups in total. The predicted molar refractivity (Wildman–Crippen MR) is 105 cm³/mol. The molecular weight excluding hydrogens is 444 g/mol. The Morgan fingerprint density at radius 3 is 2.47 bits per heavy atom. The number of benzene rings is 1. The standard InChI is InChI=1S/C19H13Cl2F3N4O2/c1-10(27-30-18(29)12-3-5-14(20)6-4-12)16-9-28(11(2)26-16)17-15(21)7-13(8-25-17)19(22,23)24/h3-9H,1-2H3. The summed E-state index contributed by atoms with van der Waals surface area (Å²) < 4.78 is 39.8. The summed E-state index contributed by atoms with van der Waals surface area (Å²) in [5.74, 6) is -0.209. The lowest BCUT2D eigenvalue weighted by atomic mass is 10.2. The van der Waals surface area contributed by atoms with Gasteiger partial charge in [0.15, 0.2) is 5.82 Å². The second kappa shape index (κ2) is 8.45. The van der Waals surface area contributed by atoms with E-state index in [-0.39, 0.29) is 22.1 Å². The van der Waals surface area contributed by atoms with E-state index < -0.39 is 17.7 Å². The van der Waals surface area contributed by atoms with Crippen LogP contribution in [-0.4, -0.2) is 26.2 Å². The Morgan fingerprint density at radius 1 is 1.20 bits per heavy atom. The zero-order chi connectivity index (χ0) is 22.1. The van der Waals surface area contributed by atoms with Crippen LogP contribution in [0.25, 0.3) is 5.82 Å². The highest BCUT2D eigenvalue weighted by Crippen LogP contribution is 2.32. The van der Waals surface area contributed by atoms with Crippen LogP contribution in [0.2, 0.25) is 10.0 Å². The van der Waals surface area contributed by atoms with Crippen molar-refractivity contribution in [3.63, 3.8) is 0 Å². The lowest BCUT2D eigenvalue weighted by Gasteiger charge is -2.10. The topological polar surface area (TPSA) is 69.4 Å². The molecule has 11 heteroatoms. The minimum Gasteiger partial charge on any atom is -0.312 e. The average Bonchev–Trinajstić information content (AvgIpc) is 3.07. The largest absolute Gasteiger partial charge is 0.417 e. The Balaban J connectivity index is 1.82. The molecule has 0 bridgehead atoms. The van der Waals surface area contributed by atoms with Gasteiger partial charge in [-0.15, -0.1) is 0 Å². The summed E-state index contributed by atoms with van der Waals surface area (Å²) >= 11 is 11.8. The first-order valence-corrected chi connectivity index (χ1v) is 9.13. The second-order valence-corrected chi connectivity index (χ2v) is 6.98. The first kappa shape index (κ1) is 21.8. The highest BCUT2D eigenvalue weighted by Gasteiger charge is 2.31. The number of aryl methyl sites for hydroxylation is 1. The third-order valence-electron chi connectivity index (χ3n) is 3.98. The lowest BCUT2D eigenvalue weighted by Crippen LogP contribution is -2.08. The van der Waals surface area contributed by atoms with E-state index >= 15 is 0 Å². The van der Waals surface area contributed by atoms with Crippen LogP contribution in [-0.2, 0) is 11.0 Å². The van der Waals surface area contributed by atoms with E-state index in [9.17, 15) is 18.0 Å². The number of pyridine rings is 1. The molecule has 156 valence electrons. The van der Waals surface area contributed by atoms with Gasteiger partial charge in [0.25, 0.3) is 0 Å². The maximum Gasteiger partial charge on any atom is 0.417 e. The van der Waals surface area contributed by atoms with Crippen LogP contribution in [0.5, 0.6) is 0 Å². The zero-order valence-corrected chi connectivity index (χ0v) is 17.0. The third kappa shape index (κ3) is 4.80. The van der Waals surface area contributed by atoms with Crippen molar-refractivity contribution in [2.24, 2.45) is 5.16 Å². The fourth-order valence-electron chi connectivity index (χ4n) is 2.42. The van der Waals surface area contributed by atoms with Crippen molar-refractivity contribution in [1.82, 2.24) is 14.5 Å². The van der Waals surface area contributed by atoms with Crippen molar-refractivity contribution < 1.29 is 22.8 Å². The van der Waals surface area contributed by atoms with Crippen LogP contribution in [0.15, 0.2) is 47.9 Å². The van der Waals surface area contributed by atoms with Crippen molar-refractivity contribution >= 4 is 34.9 Å². The SMILES string of the molecule is CC(=NOC(=O)c1ccc(Cl)cc1)c1cn(-c2ncc(C(F)(F)F)cc2Cl)c(C)n1. The number of carbonyl (C=O) groups is 1. The highest BCUT2D eigenvalue weighted by atomic mass is 35.5. The Labute approximate surface area is 178 Å². The van der Waals surface area contributed by atoms with Crippen molar-refractivity contribution in [2.45, 2.75) is 20.0 Å². The van der Waals surface area contributed by atoms with Gasteiger partial charge in [-0.1, -0.05) is 28.4 Å². The molecule has 3 rings (SSSR count). The fraction of sp³-hybridized carbons (Fsp3) is 0.158. The molecule has 0 saturated heterocycles. The van der Waals surface area contributed by atoms with Crippen molar-refractivity contribution in [3.8, 4) is 5.82 Å². The van der Waals surface area contributed by atoms with Gasteiger partial charge in [0.1, 0.15) is 17.2 Å². The zero-order valence-electron chi connectivity index (χ0n) is 15.5. The van der Waals surface area contributed by atoms with Gasteiger partial charge in [0, 0.05) is 17.4 Å². The molecule has 0 aliphatic rings. The molecule has 0 amide bonds. The molecule has 0 spiro atoms. The van der Waals surface area contributed by atoms with Gasteiger partial charge in [-0.3, -0.25) is 4.57 Å². The molecule has 30 heavy (non-hydrogen) atoms. The van der Waals surface area contributed by atoms with Crippen LogP contribution in [0.1, 0.15) is 34.4 Å². The number of rotatable bonds is 4. The number of carbonyl (C=O) groups excluding carboxylic acids is 1. The molecule has 0 atom stereocenters. The quantitative estimate of drug-likeness (QED) is 0.296. The molecule has 0 aliphatic heterocycles. The molecular formula is C19H13Cl2F3N4O2. The number of aromatic nitrogens is 3. The monoisotopic (exact) mass is 456 g/mol. The van der Waals surface area contributed by atoms with Gasteiger partial charge in [-0.25, -0.2) is 14.8 Å². The first-order chi connectivity index (χ1) is 14.1. The van der Waals surface area contributed by atoms with Gasteiger partial charge < -0.3 is 4.84 Å². The minimum atomic E-state index is -4.55. The van der Waals surface area contributed by atoms with E-state index in [0.717, 1.165) is 6.07 Å². The molecule has 0 radical (unpaired) electrons. The summed E-state index contributed by atoms with van der Waals surface area (Å²) in [6.45, 7) is 3.18. The summed E-state index contributed by atoms with van der Waals surface area (Å²) in [5.41, 5.74) is -0.101. The van der Waals surface area contributed by atoms with E-state index in [1.807, 2.05) is 0 Å². The summed E-state index contributed by atoms with van der Waals surface area (Å²) in [6, 6.07) is 6.86. The molecule has 2 aromatic heterocycles. The lowest BCUT2D eigenvalue weighted by molar-refractivity contribution is -0.137. The number of halogens is 5. The second-order valence-electron chi connectivity index (χ2n) is 6.13. The van der Waals surface area contributed by atoms with Crippen LogP contribution in [0.3, 0.4) is 0 Å². The Bertz CT molecular complexity index is 1130. The fourth-order valence-corrected chi connectivity index (χ4v) is 2.80. The van der Waals surface area contributed by atoms with Gasteiger partial charge >= 0.3 is 12.1 Å². The molecule has 1 aromatic carbocycles. The third-order valence-corrected chi connectivity index (χ3v) is 4.51. The Kier molecular flexibility index (Phi) is 6.14. The van der Waals surface area contributed by atoms with E-state index in [0.29, 0.717) is 22.7 Å². The predicted octanol–water partition coefficient (Wildman–Crippen LogP) is 5.48. The van der Waals surface area contributed by atoms with Crippen LogP contribution in [0.4, 0.5) is 13.2 Å². The van der Waals surface area contributed by atoms with Crippen LogP contribution >= 0.6 is 23.2 Å². The summed E-state index contributed by atoms with van der Waals surface area (Å²) in [5, 5.41) is 4.05. The number of imidazole rings is 1. The van der Waals surface area contributed by atoms with E-state index in [1.165, 1.54) is 22.9 Å². The highest BCUT2D eigenvalue weighted by molar-refractivity contribution is 6.32. The summed E-state index contributed by atoms with van der Waals surface area (Å²) in [4.78, 5) is 25.0. The van der Waals surface area contributed by atoms with Gasteiger partial charge in [-0.2, -0.15) is 13.2 Å². The molecule has 2 heterocycles. The van der Waals surface area contributed by atoms with Gasteiger partial charge in [-0.05, 0) is 44.2 Å².